The monoisotopic (exact) mass is 266 g/mol. The van der Waals surface area contributed by atoms with Gasteiger partial charge in [-0.3, -0.25) is 4.90 Å². The van der Waals surface area contributed by atoms with E-state index in [-0.39, 0.29) is 5.75 Å². The molecule has 1 heterocycles. The van der Waals surface area contributed by atoms with Crippen LogP contribution in [0, 0.1) is 0 Å². The van der Waals surface area contributed by atoms with Gasteiger partial charge in [-0.1, -0.05) is 23.7 Å². The first-order chi connectivity index (χ1) is 8.72. The number of nitrogens with one attached hydrogen (secondary N) is 1. The van der Waals surface area contributed by atoms with Crippen LogP contribution in [0.15, 0.2) is 30.9 Å². The molecule has 98 valence electrons. The van der Waals surface area contributed by atoms with Crippen LogP contribution in [0.2, 0.25) is 5.02 Å². The van der Waals surface area contributed by atoms with Crippen LogP contribution in [0.1, 0.15) is 18.0 Å². The van der Waals surface area contributed by atoms with Gasteiger partial charge in [-0.2, -0.15) is 0 Å². The fourth-order valence-electron chi connectivity index (χ4n) is 2.38. The lowest BCUT2D eigenvalue weighted by Gasteiger charge is -2.34. The summed E-state index contributed by atoms with van der Waals surface area (Å²) in [5, 5.41) is 13.3. The molecule has 0 spiro atoms. The zero-order chi connectivity index (χ0) is 13.0. The van der Waals surface area contributed by atoms with Crippen molar-refractivity contribution in [2.45, 2.75) is 12.5 Å². The third-order valence-electron chi connectivity index (χ3n) is 3.34. The minimum absolute atomic E-state index is 0.137. The molecule has 0 radical (unpaired) electrons. The standard InChI is InChI=1S/C14H19ClN2O/c1-2-3-13(17-8-6-16-7-9-17)11-4-5-14(18)12(15)10-11/h2,4-5,10,13,16,18H,1,3,6-9H2/t13-/m1/s1. The van der Waals surface area contributed by atoms with Crippen LogP contribution in [0.25, 0.3) is 0 Å². The summed E-state index contributed by atoms with van der Waals surface area (Å²) in [4.78, 5) is 2.43. The summed E-state index contributed by atoms with van der Waals surface area (Å²) in [7, 11) is 0. The highest BCUT2D eigenvalue weighted by atomic mass is 35.5. The second-order valence-electron chi connectivity index (χ2n) is 4.54. The number of hydrogen-bond acceptors (Lipinski definition) is 3. The van der Waals surface area contributed by atoms with Crippen LogP contribution in [-0.2, 0) is 0 Å². The van der Waals surface area contributed by atoms with Gasteiger partial charge >= 0.3 is 0 Å². The smallest absolute Gasteiger partial charge is 0.134 e. The Morgan fingerprint density at radius 1 is 1.44 bits per heavy atom. The summed E-state index contributed by atoms with van der Waals surface area (Å²) in [5.74, 6) is 0.137. The number of phenolic OH excluding ortho intramolecular Hbond substituents is 1. The molecule has 1 aliphatic rings. The van der Waals surface area contributed by atoms with E-state index in [1.165, 1.54) is 0 Å². The van der Waals surface area contributed by atoms with Crippen molar-refractivity contribution in [2.24, 2.45) is 0 Å². The first kappa shape index (κ1) is 13.4. The van der Waals surface area contributed by atoms with E-state index >= 15 is 0 Å². The number of rotatable bonds is 4. The van der Waals surface area contributed by atoms with Gasteiger partial charge in [-0.25, -0.2) is 0 Å². The minimum Gasteiger partial charge on any atom is -0.506 e. The molecule has 0 unspecified atom stereocenters. The Labute approximate surface area is 113 Å². The maximum Gasteiger partial charge on any atom is 0.134 e. The van der Waals surface area contributed by atoms with E-state index in [0.29, 0.717) is 11.1 Å². The molecule has 2 rings (SSSR count). The molecule has 0 bridgehead atoms. The topological polar surface area (TPSA) is 35.5 Å². The highest BCUT2D eigenvalue weighted by Crippen LogP contribution is 2.31. The molecular formula is C14H19ClN2O. The fraction of sp³-hybridized carbons (Fsp3) is 0.429. The van der Waals surface area contributed by atoms with Crippen molar-refractivity contribution in [3.63, 3.8) is 0 Å². The summed E-state index contributed by atoms with van der Waals surface area (Å²) in [6, 6.07) is 5.75. The Morgan fingerprint density at radius 2 is 2.17 bits per heavy atom. The van der Waals surface area contributed by atoms with Gasteiger partial charge in [0.1, 0.15) is 5.75 Å². The summed E-state index contributed by atoms with van der Waals surface area (Å²) in [6.07, 6.45) is 2.83. The first-order valence-corrected chi connectivity index (χ1v) is 6.64. The predicted octanol–water partition coefficient (Wildman–Crippen LogP) is 2.57. The second kappa shape index (κ2) is 6.23. The molecule has 3 nitrogen and oxygen atoms in total. The van der Waals surface area contributed by atoms with Crippen molar-refractivity contribution < 1.29 is 5.11 Å². The van der Waals surface area contributed by atoms with Crippen LogP contribution in [0.3, 0.4) is 0 Å². The lowest BCUT2D eigenvalue weighted by molar-refractivity contribution is 0.174. The highest BCUT2D eigenvalue weighted by molar-refractivity contribution is 6.32. The van der Waals surface area contributed by atoms with Gasteiger partial charge in [0.15, 0.2) is 0 Å². The van der Waals surface area contributed by atoms with Gasteiger partial charge < -0.3 is 10.4 Å². The summed E-state index contributed by atoms with van der Waals surface area (Å²) in [5.41, 5.74) is 1.14. The molecule has 1 atom stereocenters. The molecule has 0 aliphatic carbocycles. The Balaban J connectivity index is 2.22. The predicted molar refractivity (Wildman–Crippen MR) is 75.1 cm³/mol. The lowest BCUT2D eigenvalue weighted by Crippen LogP contribution is -2.45. The zero-order valence-corrected chi connectivity index (χ0v) is 11.2. The zero-order valence-electron chi connectivity index (χ0n) is 10.4. The maximum absolute atomic E-state index is 9.49. The van der Waals surface area contributed by atoms with E-state index in [2.05, 4.69) is 16.8 Å². The molecule has 1 saturated heterocycles. The van der Waals surface area contributed by atoms with Gasteiger partial charge in [-0.05, 0) is 24.1 Å². The van der Waals surface area contributed by atoms with Crippen LogP contribution < -0.4 is 5.32 Å². The second-order valence-corrected chi connectivity index (χ2v) is 4.94. The number of aromatic hydroxyl groups is 1. The summed E-state index contributed by atoms with van der Waals surface area (Å²) >= 11 is 5.99. The van der Waals surface area contributed by atoms with Crippen LogP contribution in [0.4, 0.5) is 0 Å². The summed E-state index contributed by atoms with van der Waals surface area (Å²) < 4.78 is 0. The SMILES string of the molecule is C=CC[C@H](c1ccc(O)c(Cl)c1)N1CCNCC1. The molecule has 2 N–H and O–H groups in total. The number of hydrogen-bond donors (Lipinski definition) is 2. The molecule has 4 heteroatoms. The quantitative estimate of drug-likeness (QED) is 0.823. The van der Waals surface area contributed by atoms with E-state index in [0.717, 1.165) is 38.2 Å². The number of halogens is 1. The first-order valence-electron chi connectivity index (χ1n) is 6.26. The third-order valence-corrected chi connectivity index (χ3v) is 3.64. The lowest BCUT2D eigenvalue weighted by atomic mass is 10.0. The van der Waals surface area contributed by atoms with Gasteiger partial charge in [0.05, 0.1) is 5.02 Å². The molecule has 0 amide bonds. The van der Waals surface area contributed by atoms with Crippen molar-refractivity contribution in [3.8, 4) is 5.75 Å². The van der Waals surface area contributed by atoms with Crippen LogP contribution in [-0.4, -0.2) is 36.2 Å². The number of benzene rings is 1. The van der Waals surface area contributed by atoms with Gasteiger partial charge in [0.25, 0.3) is 0 Å². The Hall–Kier alpha value is -1.03. The van der Waals surface area contributed by atoms with Crippen molar-refractivity contribution in [3.05, 3.63) is 41.4 Å². The Kier molecular flexibility index (Phi) is 4.64. The number of phenols is 1. The number of nitrogens with zero attached hydrogens (tertiary/aromatic N) is 1. The van der Waals surface area contributed by atoms with E-state index in [4.69, 9.17) is 11.6 Å². The van der Waals surface area contributed by atoms with Crippen molar-refractivity contribution in [2.75, 3.05) is 26.2 Å². The molecule has 18 heavy (non-hydrogen) atoms. The van der Waals surface area contributed by atoms with E-state index < -0.39 is 0 Å². The maximum atomic E-state index is 9.49. The van der Waals surface area contributed by atoms with Crippen molar-refractivity contribution in [1.82, 2.24) is 10.2 Å². The average Bonchev–Trinajstić information content (AvgIpc) is 2.40. The Bertz CT molecular complexity index is 416. The molecular weight excluding hydrogens is 248 g/mol. The highest BCUT2D eigenvalue weighted by Gasteiger charge is 2.21. The molecule has 1 aromatic carbocycles. The number of piperazine rings is 1. The van der Waals surface area contributed by atoms with Gasteiger partial charge in [0.2, 0.25) is 0 Å². The van der Waals surface area contributed by atoms with Crippen molar-refractivity contribution >= 4 is 11.6 Å². The van der Waals surface area contributed by atoms with Crippen LogP contribution in [0.5, 0.6) is 5.75 Å². The average molecular weight is 267 g/mol. The normalized spacial score (nSPS) is 18.5. The molecule has 0 aromatic heterocycles. The minimum atomic E-state index is 0.137. The summed E-state index contributed by atoms with van der Waals surface area (Å²) in [6.45, 7) is 7.91. The molecule has 1 aromatic rings. The van der Waals surface area contributed by atoms with Gasteiger partial charge in [0, 0.05) is 32.2 Å². The van der Waals surface area contributed by atoms with Crippen LogP contribution >= 0.6 is 11.6 Å². The van der Waals surface area contributed by atoms with E-state index in [1.807, 2.05) is 18.2 Å². The van der Waals surface area contributed by atoms with E-state index in [1.54, 1.807) is 6.07 Å². The fourth-order valence-corrected chi connectivity index (χ4v) is 2.57. The van der Waals surface area contributed by atoms with Gasteiger partial charge in [-0.15, -0.1) is 6.58 Å². The molecule has 1 fully saturated rings. The third kappa shape index (κ3) is 3.05. The molecule has 1 aliphatic heterocycles. The largest absolute Gasteiger partial charge is 0.506 e. The Morgan fingerprint density at radius 3 is 2.78 bits per heavy atom. The molecule has 0 saturated carbocycles. The van der Waals surface area contributed by atoms with Crippen molar-refractivity contribution in [1.29, 1.82) is 0 Å². The van der Waals surface area contributed by atoms with E-state index in [9.17, 15) is 5.11 Å².